The van der Waals surface area contributed by atoms with E-state index in [4.69, 9.17) is 9.47 Å². The quantitative estimate of drug-likeness (QED) is 0.670. The SMILES string of the molecule is CCCCC[C@@H](O)CC1(C)OCCO1. The molecule has 1 heterocycles. The second-order valence-corrected chi connectivity index (χ2v) is 4.18. The number of rotatable bonds is 6. The molecule has 14 heavy (non-hydrogen) atoms. The van der Waals surface area contributed by atoms with Gasteiger partial charge in [0.2, 0.25) is 0 Å². The first-order chi connectivity index (χ1) is 6.66. The van der Waals surface area contributed by atoms with Gasteiger partial charge in [0.15, 0.2) is 5.79 Å². The van der Waals surface area contributed by atoms with Crippen LogP contribution in [-0.4, -0.2) is 30.2 Å². The van der Waals surface area contributed by atoms with Gasteiger partial charge in [0.25, 0.3) is 0 Å². The van der Waals surface area contributed by atoms with Crippen LogP contribution in [0.4, 0.5) is 0 Å². The molecule has 0 unspecified atom stereocenters. The van der Waals surface area contributed by atoms with Gasteiger partial charge in [0, 0.05) is 6.42 Å². The molecule has 3 heteroatoms. The van der Waals surface area contributed by atoms with Gasteiger partial charge in [-0.05, 0) is 13.3 Å². The highest BCUT2D eigenvalue weighted by Crippen LogP contribution is 2.25. The average Bonchev–Trinajstić information content (AvgIpc) is 2.52. The molecule has 1 fully saturated rings. The third kappa shape index (κ3) is 3.95. The first-order valence-corrected chi connectivity index (χ1v) is 5.62. The average molecular weight is 202 g/mol. The third-order valence-corrected chi connectivity index (χ3v) is 2.65. The fraction of sp³-hybridized carbons (Fsp3) is 1.00. The van der Waals surface area contributed by atoms with E-state index in [1.165, 1.54) is 12.8 Å². The fourth-order valence-electron chi connectivity index (χ4n) is 1.83. The van der Waals surface area contributed by atoms with E-state index in [-0.39, 0.29) is 6.10 Å². The summed E-state index contributed by atoms with van der Waals surface area (Å²) in [5.74, 6) is -0.536. The van der Waals surface area contributed by atoms with Crippen LogP contribution in [0.2, 0.25) is 0 Å². The zero-order chi connectivity index (χ0) is 10.4. The molecule has 0 saturated carbocycles. The molecule has 1 aliphatic heterocycles. The number of hydrogen-bond acceptors (Lipinski definition) is 3. The molecule has 1 rings (SSSR count). The van der Waals surface area contributed by atoms with Gasteiger partial charge in [-0.1, -0.05) is 26.2 Å². The molecule has 1 N–H and O–H groups in total. The van der Waals surface area contributed by atoms with Gasteiger partial charge < -0.3 is 14.6 Å². The molecule has 84 valence electrons. The van der Waals surface area contributed by atoms with Crippen LogP contribution in [0.15, 0.2) is 0 Å². The Hall–Kier alpha value is -0.120. The van der Waals surface area contributed by atoms with Crippen molar-refractivity contribution in [2.75, 3.05) is 13.2 Å². The Labute approximate surface area is 86.4 Å². The Bertz CT molecular complexity index is 153. The molecule has 0 aromatic heterocycles. The highest BCUT2D eigenvalue weighted by Gasteiger charge is 2.32. The van der Waals surface area contributed by atoms with E-state index < -0.39 is 5.79 Å². The van der Waals surface area contributed by atoms with Gasteiger partial charge in [-0.3, -0.25) is 0 Å². The first kappa shape index (κ1) is 12.0. The smallest absolute Gasteiger partial charge is 0.168 e. The maximum absolute atomic E-state index is 9.74. The normalized spacial score (nSPS) is 22.5. The largest absolute Gasteiger partial charge is 0.393 e. The lowest BCUT2D eigenvalue weighted by molar-refractivity contribution is -0.163. The van der Waals surface area contributed by atoms with Gasteiger partial charge in [-0.15, -0.1) is 0 Å². The van der Waals surface area contributed by atoms with Crippen molar-refractivity contribution < 1.29 is 14.6 Å². The molecule has 0 aromatic rings. The highest BCUT2D eigenvalue weighted by molar-refractivity contribution is 4.72. The lowest BCUT2D eigenvalue weighted by Crippen LogP contribution is -2.31. The Morgan fingerprint density at radius 3 is 2.50 bits per heavy atom. The summed E-state index contributed by atoms with van der Waals surface area (Å²) in [6.07, 6.45) is 4.64. The summed E-state index contributed by atoms with van der Waals surface area (Å²) in [5, 5.41) is 9.74. The lowest BCUT2D eigenvalue weighted by atomic mass is 10.0. The molecule has 0 aromatic carbocycles. The van der Waals surface area contributed by atoms with Crippen molar-refractivity contribution in [1.82, 2.24) is 0 Å². The Balaban J connectivity index is 2.15. The molecular formula is C11H22O3. The van der Waals surface area contributed by atoms with Crippen LogP contribution in [0.1, 0.15) is 46.0 Å². The van der Waals surface area contributed by atoms with Crippen LogP contribution in [0.5, 0.6) is 0 Å². The standard InChI is InChI=1S/C11H22O3/c1-3-4-5-6-10(12)9-11(2)13-7-8-14-11/h10,12H,3-9H2,1-2H3/t10-/m1/s1. The number of unbranched alkanes of at least 4 members (excludes halogenated alkanes) is 2. The maximum atomic E-state index is 9.74. The van der Waals surface area contributed by atoms with Gasteiger partial charge in [0.05, 0.1) is 19.3 Å². The summed E-state index contributed by atoms with van der Waals surface area (Å²) in [6, 6.07) is 0. The van der Waals surface area contributed by atoms with E-state index in [0.717, 1.165) is 12.8 Å². The van der Waals surface area contributed by atoms with E-state index in [1.54, 1.807) is 0 Å². The van der Waals surface area contributed by atoms with Crippen LogP contribution in [-0.2, 0) is 9.47 Å². The van der Waals surface area contributed by atoms with Crippen molar-refractivity contribution in [2.24, 2.45) is 0 Å². The third-order valence-electron chi connectivity index (χ3n) is 2.65. The molecule has 0 radical (unpaired) electrons. The lowest BCUT2D eigenvalue weighted by Gasteiger charge is -2.25. The molecule has 0 aliphatic carbocycles. The Morgan fingerprint density at radius 2 is 1.93 bits per heavy atom. The van der Waals surface area contributed by atoms with Crippen molar-refractivity contribution in [3.8, 4) is 0 Å². The summed E-state index contributed by atoms with van der Waals surface area (Å²) in [5.41, 5.74) is 0. The molecule has 0 amide bonds. The van der Waals surface area contributed by atoms with Crippen molar-refractivity contribution in [2.45, 2.75) is 57.8 Å². The van der Waals surface area contributed by atoms with Gasteiger partial charge in [-0.2, -0.15) is 0 Å². The summed E-state index contributed by atoms with van der Waals surface area (Å²) in [7, 11) is 0. The highest BCUT2D eigenvalue weighted by atomic mass is 16.7. The van der Waals surface area contributed by atoms with Gasteiger partial charge in [-0.25, -0.2) is 0 Å². The van der Waals surface area contributed by atoms with Crippen molar-refractivity contribution in [3.63, 3.8) is 0 Å². The molecule has 1 saturated heterocycles. The minimum absolute atomic E-state index is 0.287. The van der Waals surface area contributed by atoms with Crippen molar-refractivity contribution >= 4 is 0 Å². The molecule has 3 nitrogen and oxygen atoms in total. The van der Waals surface area contributed by atoms with Crippen molar-refractivity contribution in [3.05, 3.63) is 0 Å². The van der Waals surface area contributed by atoms with E-state index in [0.29, 0.717) is 19.6 Å². The number of aliphatic hydroxyl groups is 1. The minimum Gasteiger partial charge on any atom is -0.393 e. The monoisotopic (exact) mass is 202 g/mol. The minimum atomic E-state index is -0.536. The zero-order valence-corrected chi connectivity index (χ0v) is 9.29. The summed E-state index contributed by atoms with van der Waals surface area (Å²) < 4.78 is 10.9. The van der Waals surface area contributed by atoms with E-state index in [2.05, 4.69) is 6.92 Å². The Kier molecular flexibility index (Phi) is 4.85. The predicted molar refractivity (Wildman–Crippen MR) is 55.1 cm³/mol. The number of ether oxygens (including phenoxy) is 2. The van der Waals surface area contributed by atoms with Gasteiger partial charge in [0.1, 0.15) is 0 Å². The predicted octanol–water partition coefficient (Wildman–Crippen LogP) is 2.08. The van der Waals surface area contributed by atoms with Crippen molar-refractivity contribution in [1.29, 1.82) is 0 Å². The van der Waals surface area contributed by atoms with Crippen LogP contribution in [0, 0.1) is 0 Å². The fourth-order valence-corrected chi connectivity index (χ4v) is 1.83. The molecule has 1 atom stereocenters. The maximum Gasteiger partial charge on any atom is 0.168 e. The summed E-state index contributed by atoms with van der Waals surface area (Å²) >= 11 is 0. The summed E-state index contributed by atoms with van der Waals surface area (Å²) in [4.78, 5) is 0. The first-order valence-electron chi connectivity index (χ1n) is 5.62. The Morgan fingerprint density at radius 1 is 1.29 bits per heavy atom. The van der Waals surface area contributed by atoms with E-state index in [1.807, 2.05) is 6.92 Å². The van der Waals surface area contributed by atoms with Gasteiger partial charge >= 0.3 is 0 Å². The number of hydrogen-bond donors (Lipinski definition) is 1. The van der Waals surface area contributed by atoms with E-state index in [9.17, 15) is 5.11 Å². The van der Waals surface area contributed by atoms with Crippen LogP contribution in [0.25, 0.3) is 0 Å². The second-order valence-electron chi connectivity index (χ2n) is 4.18. The second kappa shape index (κ2) is 5.69. The van der Waals surface area contributed by atoms with Crippen LogP contribution < -0.4 is 0 Å². The van der Waals surface area contributed by atoms with Crippen LogP contribution >= 0.6 is 0 Å². The zero-order valence-electron chi connectivity index (χ0n) is 9.29. The molecule has 0 bridgehead atoms. The molecule has 1 aliphatic rings. The number of aliphatic hydroxyl groups excluding tert-OH is 1. The van der Waals surface area contributed by atoms with E-state index >= 15 is 0 Å². The van der Waals surface area contributed by atoms with Crippen LogP contribution in [0.3, 0.4) is 0 Å². The topological polar surface area (TPSA) is 38.7 Å². The molecule has 0 spiro atoms. The summed E-state index contributed by atoms with van der Waals surface area (Å²) in [6.45, 7) is 5.37. The molecular weight excluding hydrogens is 180 g/mol.